The molecule has 1 saturated heterocycles. The highest BCUT2D eigenvalue weighted by atomic mass is 35.5. The van der Waals surface area contributed by atoms with Crippen molar-refractivity contribution in [3.05, 3.63) is 23.5 Å². The minimum Gasteiger partial charge on any atom is -0.301 e. The fourth-order valence-corrected chi connectivity index (χ4v) is 4.06. The predicted octanol–water partition coefficient (Wildman–Crippen LogP) is 1.35. The topological polar surface area (TPSA) is 70.6 Å². The molecule has 0 radical (unpaired) electrons. The standard InChI is InChI=1S/C14H20ClN3O3S/c1-3-13-12(14(15)19)9-11(10-16-13)22(20,21)18-7-5-17(4-2)6-8-18/h9-10H,3-8H2,1-2H3. The van der Waals surface area contributed by atoms with Gasteiger partial charge < -0.3 is 4.90 Å². The van der Waals surface area contributed by atoms with Crippen LogP contribution in [-0.4, -0.2) is 60.6 Å². The average Bonchev–Trinajstić information content (AvgIpc) is 2.54. The summed E-state index contributed by atoms with van der Waals surface area (Å²) in [6, 6.07) is 1.34. The zero-order valence-corrected chi connectivity index (χ0v) is 14.3. The molecule has 0 atom stereocenters. The third kappa shape index (κ3) is 3.48. The Balaban J connectivity index is 2.30. The van der Waals surface area contributed by atoms with E-state index in [0.717, 1.165) is 6.54 Å². The minimum absolute atomic E-state index is 0.0265. The van der Waals surface area contributed by atoms with Crippen molar-refractivity contribution in [1.29, 1.82) is 0 Å². The van der Waals surface area contributed by atoms with Crippen LogP contribution in [0.4, 0.5) is 0 Å². The van der Waals surface area contributed by atoms with Gasteiger partial charge in [0.2, 0.25) is 10.0 Å². The number of carbonyl (C=O) groups excluding carboxylic acids is 1. The number of sulfonamides is 1. The number of pyridine rings is 1. The van der Waals surface area contributed by atoms with Gasteiger partial charge in [-0.1, -0.05) is 13.8 Å². The van der Waals surface area contributed by atoms with Gasteiger partial charge in [-0.3, -0.25) is 9.78 Å². The molecule has 1 aromatic rings. The summed E-state index contributed by atoms with van der Waals surface area (Å²) >= 11 is 5.54. The summed E-state index contributed by atoms with van der Waals surface area (Å²) in [6.07, 6.45) is 1.83. The molecule has 8 heteroatoms. The Morgan fingerprint density at radius 3 is 2.41 bits per heavy atom. The minimum atomic E-state index is -3.64. The maximum Gasteiger partial charge on any atom is 0.254 e. The molecular weight excluding hydrogens is 326 g/mol. The molecule has 0 aromatic carbocycles. The molecule has 2 rings (SSSR count). The van der Waals surface area contributed by atoms with Crippen molar-refractivity contribution in [2.45, 2.75) is 25.2 Å². The summed E-state index contributed by atoms with van der Waals surface area (Å²) in [5, 5.41) is -0.683. The van der Waals surface area contributed by atoms with Crippen LogP contribution in [-0.2, 0) is 16.4 Å². The summed E-state index contributed by atoms with van der Waals surface area (Å²) in [4.78, 5) is 17.8. The van der Waals surface area contributed by atoms with Crippen molar-refractivity contribution in [2.75, 3.05) is 32.7 Å². The molecule has 6 nitrogen and oxygen atoms in total. The van der Waals surface area contributed by atoms with Gasteiger partial charge in [0, 0.05) is 32.4 Å². The van der Waals surface area contributed by atoms with Gasteiger partial charge in [0.05, 0.1) is 11.3 Å². The lowest BCUT2D eigenvalue weighted by atomic mass is 10.2. The molecule has 122 valence electrons. The molecule has 1 fully saturated rings. The molecule has 1 aromatic heterocycles. The van der Waals surface area contributed by atoms with Crippen LogP contribution in [0.1, 0.15) is 29.9 Å². The van der Waals surface area contributed by atoms with Crippen molar-refractivity contribution in [3.63, 3.8) is 0 Å². The Morgan fingerprint density at radius 1 is 1.27 bits per heavy atom. The van der Waals surface area contributed by atoms with E-state index in [1.165, 1.54) is 16.6 Å². The molecule has 0 N–H and O–H groups in total. The summed E-state index contributed by atoms with van der Waals surface area (Å²) in [5.74, 6) is 0. The number of halogens is 1. The highest BCUT2D eigenvalue weighted by molar-refractivity contribution is 7.89. The Morgan fingerprint density at radius 2 is 1.91 bits per heavy atom. The lowest BCUT2D eigenvalue weighted by Crippen LogP contribution is -2.48. The molecule has 1 aliphatic rings. The average molecular weight is 346 g/mol. The van der Waals surface area contributed by atoms with E-state index in [4.69, 9.17) is 11.6 Å². The Hall–Kier alpha value is -1.02. The van der Waals surface area contributed by atoms with Gasteiger partial charge in [-0.05, 0) is 30.6 Å². The van der Waals surface area contributed by atoms with Crippen LogP contribution in [0.15, 0.2) is 17.2 Å². The van der Waals surface area contributed by atoms with Gasteiger partial charge in [-0.2, -0.15) is 4.31 Å². The molecule has 0 aliphatic carbocycles. The number of piperazine rings is 1. The molecule has 0 unspecified atom stereocenters. The zero-order valence-electron chi connectivity index (χ0n) is 12.7. The van der Waals surface area contributed by atoms with Gasteiger partial charge >= 0.3 is 0 Å². The van der Waals surface area contributed by atoms with Gasteiger partial charge in [-0.15, -0.1) is 0 Å². The quantitative estimate of drug-likeness (QED) is 0.753. The second kappa shape index (κ2) is 7.04. The molecule has 1 aliphatic heterocycles. The first kappa shape index (κ1) is 17.3. The first-order chi connectivity index (χ1) is 10.4. The van der Waals surface area contributed by atoms with E-state index in [1.807, 2.05) is 6.92 Å². The van der Waals surface area contributed by atoms with Crippen LogP contribution in [0.5, 0.6) is 0 Å². The van der Waals surface area contributed by atoms with Crippen molar-refractivity contribution in [1.82, 2.24) is 14.2 Å². The lowest BCUT2D eigenvalue weighted by Gasteiger charge is -2.33. The smallest absolute Gasteiger partial charge is 0.254 e. The van der Waals surface area contributed by atoms with E-state index in [2.05, 4.69) is 16.8 Å². The van der Waals surface area contributed by atoms with Gasteiger partial charge in [0.15, 0.2) is 0 Å². The van der Waals surface area contributed by atoms with Crippen molar-refractivity contribution in [2.24, 2.45) is 0 Å². The Labute approximate surface area is 136 Å². The third-order valence-corrected chi connectivity index (χ3v) is 5.98. The van der Waals surface area contributed by atoms with Crippen LogP contribution in [0, 0.1) is 0 Å². The predicted molar refractivity (Wildman–Crippen MR) is 84.7 cm³/mol. The first-order valence-electron chi connectivity index (χ1n) is 7.31. The van der Waals surface area contributed by atoms with Crippen LogP contribution in [0.3, 0.4) is 0 Å². The molecule has 0 spiro atoms. The van der Waals surface area contributed by atoms with E-state index in [-0.39, 0.29) is 10.5 Å². The highest BCUT2D eigenvalue weighted by Crippen LogP contribution is 2.21. The zero-order chi connectivity index (χ0) is 16.3. The fourth-order valence-electron chi connectivity index (χ4n) is 2.50. The number of aryl methyl sites for hydroxylation is 1. The third-order valence-electron chi connectivity index (χ3n) is 3.91. The first-order valence-corrected chi connectivity index (χ1v) is 9.13. The SMILES string of the molecule is CCc1ncc(S(=O)(=O)N2CCN(CC)CC2)cc1C(=O)Cl. The van der Waals surface area contributed by atoms with Crippen molar-refractivity contribution < 1.29 is 13.2 Å². The molecule has 22 heavy (non-hydrogen) atoms. The normalized spacial score (nSPS) is 17.6. The largest absolute Gasteiger partial charge is 0.301 e. The molecule has 0 saturated carbocycles. The summed E-state index contributed by atoms with van der Waals surface area (Å²) in [7, 11) is -3.64. The number of aromatic nitrogens is 1. The molecule has 2 heterocycles. The summed E-state index contributed by atoms with van der Waals surface area (Å²) < 4.78 is 26.8. The van der Waals surface area contributed by atoms with Crippen molar-refractivity contribution >= 4 is 26.9 Å². The number of hydrogen-bond donors (Lipinski definition) is 0. The number of hydrogen-bond acceptors (Lipinski definition) is 5. The van der Waals surface area contributed by atoms with E-state index in [1.54, 1.807) is 0 Å². The van der Waals surface area contributed by atoms with E-state index in [9.17, 15) is 13.2 Å². The second-order valence-electron chi connectivity index (χ2n) is 5.13. The van der Waals surface area contributed by atoms with Gasteiger partial charge in [0.1, 0.15) is 4.90 Å². The van der Waals surface area contributed by atoms with Crippen LogP contribution in [0.2, 0.25) is 0 Å². The Kier molecular flexibility index (Phi) is 5.55. The highest BCUT2D eigenvalue weighted by Gasteiger charge is 2.29. The maximum absolute atomic E-state index is 12.7. The van der Waals surface area contributed by atoms with Gasteiger partial charge in [-0.25, -0.2) is 8.42 Å². The fraction of sp³-hybridized carbons (Fsp3) is 0.571. The molecule has 0 amide bonds. The monoisotopic (exact) mass is 345 g/mol. The van der Waals surface area contributed by atoms with Gasteiger partial charge in [0.25, 0.3) is 5.24 Å². The van der Waals surface area contributed by atoms with E-state index < -0.39 is 15.3 Å². The number of nitrogens with zero attached hydrogens (tertiary/aromatic N) is 3. The summed E-state index contributed by atoms with van der Waals surface area (Å²) in [6.45, 7) is 7.09. The van der Waals surface area contributed by atoms with E-state index >= 15 is 0 Å². The van der Waals surface area contributed by atoms with Crippen LogP contribution >= 0.6 is 11.6 Å². The van der Waals surface area contributed by atoms with Crippen LogP contribution < -0.4 is 0 Å². The lowest BCUT2D eigenvalue weighted by molar-refractivity contribution is 0.108. The van der Waals surface area contributed by atoms with Crippen LogP contribution in [0.25, 0.3) is 0 Å². The molecule has 0 bridgehead atoms. The van der Waals surface area contributed by atoms with Crippen molar-refractivity contribution in [3.8, 4) is 0 Å². The Bertz CT molecular complexity index is 655. The number of likely N-dealkylation sites (N-methyl/N-ethyl adjacent to an activating group) is 1. The maximum atomic E-state index is 12.7. The van der Waals surface area contributed by atoms with E-state index in [0.29, 0.717) is 38.3 Å². The second-order valence-corrected chi connectivity index (χ2v) is 7.41. The summed E-state index contributed by atoms with van der Waals surface area (Å²) in [5.41, 5.74) is 0.673. The number of carbonyl (C=O) groups is 1. The molecular formula is C14H20ClN3O3S. The number of rotatable bonds is 5.